The van der Waals surface area contributed by atoms with Gasteiger partial charge in [0, 0.05) is 5.57 Å². The van der Waals surface area contributed by atoms with E-state index in [9.17, 15) is 19.8 Å². The Labute approximate surface area is 166 Å². The molecule has 0 aromatic heterocycles. The molecule has 2 unspecified atom stereocenters. The lowest BCUT2D eigenvalue weighted by Gasteiger charge is -2.44. The maximum absolute atomic E-state index is 12.7. The van der Waals surface area contributed by atoms with Gasteiger partial charge in [-0.3, -0.25) is 0 Å². The van der Waals surface area contributed by atoms with Gasteiger partial charge < -0.3 is 23.2 Å². The van der Waals surface area contributed by atoms with Gasteiger partial charge in [-0.2, -0.15) is 0 Å². The number of aliphatic hydroxyl groups is 2. The van der Waals surface area contributed by atoms with E-state index >= 15 is 0 Å². The van der Waals surface area contributed by atoms with Crippen molar-refractivity contribution in [2.24, 2.45) is 0 Å². The molecule has 0 rings (SSSR count). The fraction of sp³-hybridized carbons (Fsp3) is 0.765. The van der Waals surface area contributed by atoms with E-state index in [-0.39, 0.29) is 12.0 Å². The Balaban J connectivity index is 6.09. The summed E-state index contributed by atoms with van der Waals surface area (Å²) in [6.45, 7) is 19.5. The zero-order chi connectivity index (χ0) is 21.8. The molecule has 0 bridgehead atoms. The predicted molar refractivity (Wildman–Crippen MR) is 111 cm³/mol. The summed E-state index contributed by atoms with van der Waals surface area (Å²) in [6, 6.07) is 0. The van der Waals surface area contributed by atoms with Crippen LogP contribution in [0, 0.1) is 0 Å². The van der Waals surface area contributed by atoms with Crippen LogP contribution in [0.5, 0.6) is 0 Å². The predicted octanol–water partition coefficient (Wildman–Crippen LogP) is 2.64. The molecule has 0 amide bonds. The Morgan fingerprint density at radius 1 is 1.04 bits per heavy atom. The van der Waals surface area contributed by atoms with Gasteiger partial charge in [0.15, 0.2) is 22.2 Å². The van der Waals surface area contributed by atoms with E-state index in [1.165, 1.54) is 13.8 Å². The largest absolute Gasteiger partial charge is 0.434 e. The third-order valence-electron chi connectivity index (χ3n) is 3.48. The van der Waals surface area contributed by atoms with E-state index in [0.29, 0.717) is 6.42 Å². The highest BCUT2D eigenvalue weighted by Gasteiger charge is 2.61. The van der Waals surface area contributed by atoms with Crippen molar-refractivity contribution in [3.05, 3.63) is 12.2 Å². The summed E-state index contributed by atoms with van der Waals surface area (Å²) < 4.78 is 17.0. The average Bonchev–Trinajstić information content (AvgIpc) is 2.43. The van der Waals surface area contributed by atoms with E-state index in [4.69, 9.17) is 13.0 Å². The highest BCUT2D eigenvalue weighted by molar-refractivity contribution is 6.81. The molecule has 27 heavy (non-hydrogen) atoms. The molecule has 157 valence electrons. The van der Waals surface area contributed by atoms with Crippen molar-refractivity contribution in [1.82, 2.24) is 0 Å². The van der Waals surface area contributed by atoms with Gasteiger partial charge in [0.05, 0.1) is 0 Å². The van der Waals surface area contributed by atoms with Crippen molar-refractivity contribution in [3.63, 3.8) is 0 Å². The quantitative estimate of drug-likeness (QED) is 0.235. The average molecular weight is 436 g/mol. The fourth-order valence-corrected chi connectivity index (χ4v) is 9.25. The second-order valence-corrected chi connectivity index (χ2v) is 20.5. The van der Waals surface area contributed by atoms with Crippen LogP contribution in [0.4, 0.5) is 0 Å². The molecule has 0 saturated heterocycles. The van der Waals surface area contributed by atoms with Gasteiger partial charge in [0.1, 0.15) is 5.22 Å². The first kappa shape index (κ1) is 26.4. The van der Waals surface area contributed by atoms with Gasteiger partial charge in [-0.05, 0) is 59.6 Å². The summed E-state index contributed by atoms with van der Waals surface area (Å²) in [7, 11) is -6.88. The third-order valence-corrected chi connectivity index (χ3v) is 11.1. The Morgan fingerprint density at radius 2 is 1.44 bits per heavy atom. The first-order valence-electron chi connectivity index (χ1n) is 8.99. The van der Waals surface area contributed by atoms with E-state index in [2.05, 4.69) is 6.58 Å². The van der Waals surface area contributed by atoms with Crippen molar-refractivity contribution < 1.29 is 32.8 Å². The molecule has 10 heteroatoms. The van der Waals surface area contributed by atoms with Crippen LogP contribution in [0.1, 0.15) is 33.6 Å². The van der Waals surface area contributed by atoms with Crippen LogP contribution < -0.4 is 0 Å². The van der Waals surface area contributed by atoms with Crippen molar-refractivity contribution in [2.45, 2.75) is 83.7 Å². The number of esters is 2. The molecule has 0 saturated carbocycles. The van der Waals surface area contributed by atoms with Crippen LogP contribution in [-0.2, 0) is 22.6 Å². The van der Waals surface area contributed by atoms with Crippen LogP contribution in [0.25, 0.3) is 0 Å². The molecule has 2 N–H and O–H groups in total. The van der Waals surface area contributed by atoms with E-state index < -0.39 is 48.7 Å². The normalized spacial score (nSPS) is 17.2. The maximum atomic E-state index is 12.7. The first-order valence-corrected chi connectivity index (χ1v) is 17.1. The number of ether oxygens (including phenoxy) is 1. The lowest BCUT2D eigenvalue weighted by molar-refractivity contribution is -0.189. The molecule has 0 aliphatic rings. The van der Waals surface area contributed by atoms with Crippen molar-refractivity contribution in [2.75, 3.05) is 0 Å². The lowest BCUT2D eigenvalue weighted by Crippen LogP contribution is -2.70. The number of carbonyl (C=O) groups is 2. The molecule has 7 nitrogen and oxygen atoms in total. The zero-order valence-electron chi connectivity index (χ0n) is 18.1. The Bertz CT molecular complexity index is 548. The smallest absolute Gasteiger partial charge is 0.401 e. The Hall–Kier alpha value is -0.629. The monoisotopic (exact) mass is 435 g/mol. The van der Waals surface area contributed by atoms with Gasteiger partial charge in [-0.15, -0.1) is 0 Å². The van der Waals surface area contributed by atoms with E-state index in [1.807, 2.05) is 39.3 Å². The molecule has 0 spiro atoms. The topological polar surface area (TPSA) is 102 Å². The molecule has 2 atom stereocenters. The van der Waals surface area contributed by atoms with E-state index in [1.54, 1.807) is 6.92 Å². The molecule has 0 aromatic carbocycles. The second kappa shape index (κ2) is 9.25. The van der Waals surface area contributed by atoms with Crippen LogP contribution in [0.2, 0.25) is 39.3 Å². The third kappa shape index (κ3) is 7.72. The Kier molecular flexibility index (Phi) is 9.03. The van der Waals surface area contributed by atoms with Crippen molar-refractivity contribution in [3.8, 4) is 0 Å². The molecular formula is C17H35O7Si3. The van der Waals surface area contributed by atoms with Crippen molar-refractivity contribution >= 4 is 37.9 Å². The Morgan fingerprint density at radius 3 is 1.74 bits per heavy atom. The highest BCUT2D eigenvalue weighted by atomic mass is 28.4. The minimum absolute atomic E-state index is 0.0177. The second-order valence-electron chi connectivity index (χ2n) is 8.86. The molecule has 0 heterocycles. The molecule has 1 radical (unpaired) electrons. The maximum Gasteiger partial charge on any atom is 0.401 e. The highest BCUT2D eigenvalue weighted by Crippen LogP contribution is 2.34. The summed E-state index contributed by atoms with van der Waals surface area (Å²) in [5, 5.41) is 20.5. The van der Waals surface area contributed by atoms with Gasteiger partial charge in [-0.1, -0.05) is 19.9 Å². The molecule has 0 aliphatic heterocycles. The van der Waals surface area contributed by atoms with Crippen molar-refractivity contribution in [1.29, 1.82) is 0 Å². The SMILES string of the molecule is C=C(C)C(=O)OC(=O)C(O)(CCC)C(C)(O)[Si](O[Si](C)(C)C)O[Si](C)(C)C. The first-order chi connectivity index (χ1) is 11.9. The molecule has 0 fully saturated rings. The number of rotatable bonds is 10. The van der Waals surface area contributed by atoms with Crippen LogP contribution in [0.3, 0.4) is 0 Å². The molecule has 0 aromatic rings. The van der Waals surface area contributed by atoms with Gasteiger partial charge in [0.25, 0.3) is 0 Å². The zero-order valence-corrected chi connectivity index (χ0v) is 21.1. The van der Waals surface area contributed by atoms with E-state index in [0.717, 1.165) is 0 Å². The number of carbonyl (C=O) groups excluding carboxylic acids is 2. The summed E-state index contributed by atoms with van der Waals surface area (Å²) in [4.78, 5) is 24.5. The number of hydrogen-bond acceptors (Lipinski definition) is 7. The summed E-state index contributed by atoms with van der Waals surface area (Å²) in [5.41, 5.74) is -2.33. The lowest BCUT2D eigenvalue weighted by atomic mass is 9.91. The standard InChI is InChI=1S/C17H35O7Si3/c1-11-12-17(21,15(19)22-14(18)13(2)3)16(4,20)25(23-26(5,6)7)24-27(8,9)10/h20-21H,2,11-12H2,1,3-10H3. The molecule has 0 aliphatic carbocycles. The van der Waals surface area contributed by atoms with Crippen LogP contribution >= 0.6 is 0 Å². The van der Waals surface area contributed by atoms with Gasteiger partial charge in [-0.25, -0.2) is 9.59 Å². The number of hydrogen-bond donors (Lipinski definition) is 2. The fourth-order valence-electron chi connectivity index (χ4n) is 2.11. The van der Waals surface area contributed by atoms with Crippen LogP contribution in [0.15, 0.2) is 12.2 Å². The van der Waals surface area contributed by atoms with Crippen LogP contribution in [-0.4, -0.2) is 58.9 Å². The minimum atomic E-state index is -2.52. The van der Waals surface area contributed by atoms with Gasteiger partial charge in [0.2, 0.25) is 0 Å². The summed E-state index contributed by atoms with van der Waals surface area (Å²) >= 11 is 0. The molecular weight excluding hydrogens is 400 g/mol. The van der Waals surface area contributed by atoms with Gasteiger partial charge >= 0.3 is 21.2 Å². The summed E-state index contributed by atoms with van der Waals surface area (Å²) in [6.07, 6.45) is 0.263. The minimum Gasteiger partial charge on any atom is -0.434 e. The summed E-state index contributed by atoms with van der Waals surface area (Å²) in [5.74, 6) is -2.17.